The number of hydrogen-bond donors (Lipinski definition) is 0. The van der Waals surface area contributed by atoms with E-state index in [0.717, 1.165) is 16.7 Å². The summed E-state index contributed by atoms with van der Waals surface area (Å²) < 4.78 is 5.23. The van der Waals surface area contributed by atoms with E-state index >= 15 is 0 Å². The van der Waals surface area contributed by atoms with Crippen molar-refractivity contribution in [2.24, 2.45) is 0 Å². The van der Waals surface area contributed by atoms with E-state index in [0.29, 0.717) is 21.4 Å². The van der Waals surface area contributed by atoms with Gasteiger partial charge < -0.3 is 4.74 Å². The third-order valence-electron chi connectivity index (χ3n) is 2.29. The van der Waals surface area contributed by atoms with Gasteiger partial charge in [-0.05, 0) is 17.7 Å². The molecule has 0 fully saturated rings. The SMILES string of the molecule is COc1c(C=O)csc1-c1ccc(Cl)c(Cl)c1. The number of carbonyl (C=O) groups is 1. The highest BCUT2D eigenvalue weighted by atomic mass is 35.5. The Morgan fingerprint density at radius 1 is 1.29 bits per heavy atom. The predicted octanol–water partition coefficient (Wildman–Crippen LogP) is 4.54. The van der Waals surface area contributed by atoms with E-state index < -0.39 is 0 Å². The van der Waals surface area contributed by atoms with Gasteiger partial charge in [0.25, 0.3) is 0 Å². The molecule has 1 aromatic heterocycles. The first kappa shape index (κ1) is 12.4. The summed E-state index contributed by atoms with van der Waals surface area (Å²) in [5.74, 6) is 0.573. The maximum atomic E-state index is 10.8. The van der Waals surface area contributed by atoms with Gasteiger partial charge in [0.2, 0.25) is 0 Å². The molecule has 0 saturated carbocycles. The smallest absolute Gasteiger partial charge is 0.154 e. The van der Waals surface area contributed by atoms with E-state index in [-0.39, 0.29) is 0 Å². The Morgan fingerprint density at radius 3 is 2.65 bits per heavy atom. The van der Waals surface area contributed by atoms with Crippen LogP contribution in [-0.2, 0) is 0 Å². The van der Waals surface area contributed by atoms with Crippen molar-refractivity contribution in [1.82, 2.24) is 0 Å². The summed E-state index contributed by atoms with van der Waals surface area (Å²) in [6.45, 7) is 0. The Bertz CT molecular complexity index is 564. The monoisotopic (exact) mass is 286 g/mol. The number of aldehydes is 1. The summed E-state index contributed by atoms with van der Waals surface area (Å²) in [6, 6.07) is 5.32. The van der Waals surface area contributed by atoms with Crippen LogP contribution in [0.25, 0.3) is 10.4 Å². The first-order valence-electron chi connectivity index (χ1n) is 4.73. The quantitative estimate of drug-likeness (QED) is 0.774. The number of hydrogen-bond acceptors (Lipinski definition) is 3. The summed E-state index contributed by atoms with van der Waals surface area (Å²) >= 11 is 13.3. The van der Waals surface area contributed by atoms with Gasteiger partial charge in [0.05, 0.1) is 27.6 Å². The number of ether oxygens (including phenoxy) is 1. The number of halogens is 2. The van der Waals surface area contributed by atoms with Crippen LogP contribution in [0.2, 0.25) is 10.0 Å². The van der Waals surface area contributed by atoms with Crippen LogP contribution in [0.4, 0.5) is 0 Å². The fourth-order valence-corrected chi connectivity index (χ4v) is 2.77. The van der Waals surface area contributed by atoms with Crippen LogP contribution in [0, 0.1) is 0 Å². The largest absolute Gasteiger partial charge is 0.494 e. The molecule has 1 aromatic carbocycles. The maximum absolute atomic E-state index is 10.8. The van der Waals surface area contributed by atoms with E-state index in [1.165, 1.54) is 18.4 Å². The van der Waals surface area contributed by atoms with Gasteiger partial charge in [-0.15, -0.1) is 11.3 Å². The minimum atomic E-state index is 0.479. The highest BCUT2D eigenvalue weighted by molar-refractivity contribution is 7.14. The summed E-state index contributed by atoms with van der Waals surface area (Å²) in [6.07, 6.45) is 0.774. The summed E-state index contributed by atoms with van der Waals surface area (Å²) in [7, 11) is 1.54. The minimum absolute atomic E-state index is 0.479. The molecule has 0 aliphatic heterocycles. The van der Waals surface area contributed by atoms with Gasteiger partial charge in [-0.1, -0.05) is 29.3 Å². The lowest BCUT2D eigenvalue weighted by atomic mass is 10.1. The van der Waals surface area contributed by atoms with E-state index in [1.807, 2.05) is 6.07 Å². The molecule has 0 bridgehead atoms. The van der Waals surface area contributed by atoms with Crippen LogP contribution in [0.5, 0.6) is 5.75 Å². The summed E-state index contributed by atoms with van der Waals surface area (Å²) in [5, 5.41) is 2.73. The van der Waals surface area contributed by atoms with Crippen molar-refractivity contribution in [3.05, 3.63) is 39.2 Å². The molecular weight excluding hydrogens is 279 g/mol. The lowest BCUT2D eigenvalue weighted by Crippen LogP contribution is -1.87. The molecule has 1 heterocycles. The molecule has 0 aliphatic rings. The van der Waals surface area contributed by atoms with E-state index in [2.05, 4.69) is 0 Å². The molecule has 2 aromatic rings. The first-order chi connectivity index (χ1) is 8.17. The molecule has 0 N–H and O–H groups in total. The second-order valence-corrected chi connectivity index (χ2v) is 4.99. The highest BCUT2D eigenvalue weighted by Gasteiger charge is 2.14. The van der Waals surface area contributed by atoms with E-state index in [1.54, 1.807) is 17.5 Å². The molecule has 88 valence electrons. The van der Waals surface area contributed by atoms with Gasteiger partial charge in [0.1, 0.15) is 5.75 Å². The number of rotatable bonds is 3. The Morgan fingerprint density at radius 2 is 2.06 bits per heavy atom. The lowest BCUT2D eigenvalue weighted by Gasteiger charge is -2.05. The number of carbonyl (C=O) groups excluding carboxylic acids is 1. The van der Waals surface area contributed by atoms with E-state index in [4.69, 9.17) is 27.9 Å². The molecule has 0 unspecified atom stereocenters. The summed E-state index contributed by atoms with van der Waals surface area (Å²) in [5.41, 5.74) is 1.42. The van der Waals surface area contributed by atoms with Gasteiger partial charge >= 0.3 is 0 Å². The molecule has 0 radical (unpaired) electrons. The predicted molar refractivity (Wildman–Crippen MR) is 71.7 cm³/mol. The topological polar surface area (TPSA) is 26.3 Å². The third-order valence-corrected chi connectivity index (χ3v) is 4.05. The van der Waals surface area contributed by atoms with Crippen molar-refractivity contribution in [2.75, 3.05) is 7.11 Å². The second-order valence-electron chi connectivity index (χ2n) is 3.30. The van der Waals surface area contributed by atoms with Crippen molar-refractivity contribution in [1.29, 1.82) is 0 Å². The average Bonchev–Trinajstić information content (AvgIpc) is 2.75. The Labute approximate surface area is 113 Å². The molecule has 17 heavy (non-hydrogen) atoms. The standard InChI is InChI=1S/C12H8Cl2O2S/c1-16-11-8(5-15)6-17-12(11)7-2-3-9(13)10(14)4-7/h2-6H,1H3. The van der Waals surface area contributed by atoms with Crippen molar-refractivity contribution in [2.45, 2.75) is 0 Å². The Balaban J connectivity index is 2.56. The second kappa shape index (κ2) is 5.08. The average molecular weight is 287 g/mol. The van der Waals surface area contributed by atoms with Crippen LogP contribution < -0.4 is 4.74 Å². The highest BCUT2D eigenvalue weighted by Crippen LogP contribution is 2.40. The summed E-state index contributed by atoms with van der Waals surface area (Å²) in [4.78, 5) is 11.7. The zero-order chi connectivity index (χ0) is 12.4. The van der Waals surface area contributed by atoms with Gasteiger partial charge in [-0.2, -0.15) is 0 Å². The van der Waals surface area contributed by atoms with Crippen molar-refractivity contribution >= 4 is 40.8 Å². The van der Waals surface area contributed by atoms with Crippen LogP contribution in [-0.4, -0.2) is 13.4 Å². The van der Waals surface area contributed by atoms with E-state index in [9.17, 15) is 4.79 Å². The van der Waals surface area contributed by atoms with Gasteiger partial charge in [0, 0.05) is 5.38 Å². The third kappa shape index (κ3) is 2.32. The zero-order valence-corrected chi connectivity index (χ0v) is 11.2. The van der Waals surface area contributed by atoms with Gasteiger partial charge in [-0.3, -0.25) is 4.79 Å². The molecule has 0 saturated heterocycles. The van der Waals surface area contributed by atoms with Gasteiger partial charge in [0.15, 0.2) is 6.29 Å². The fraction of sp³-hybridized carbons (Fsp3) is 0.0833. The molecule has 2 rings (SSSR count). The molecule has 0 atom stereocenters. The van der Waals surface area contributed by atoms with Crippen molar-refractivity contribution in [3.8, 4) is 16.2 Å². The number of methoxy groups -OCH3 is 1. The van der Waals surface area contributed by atoms with Crippen LogP contribution in [0.15, 0.2) is 23.6 Å². The number of thiophene rings is 1. The molecule has 0 aliphatic carbocycles. The minimum Gasteiger partial charge on any atom is -0.494 e. The zero-order valence-electron chi connectivity index (χ0n) is 8.87. The van der Waals surface area contributed by atoms with Crippen LogP contribution in [0.1, 0.15) is 10.4 Å². The van der Waals surface area contributed by atoms with Crippen molar-refractivity contribution in [3.63, 3.8) is 0 Å². The molecule has 0 spiro atoms. The van der Waals surface area contributed by atoms with Crippen LogP contribution in [0.3, 0.4) is 0 Å². The molecule has 2 nitrogen and oxygen atoms in total. The van der Waals surface area contributed by atoms with Gasteiger partial charge in [-0.25, -0.2) is 0 Å². The maximum Gasteiger partial charge on any atom is 0.154 e. The Hall–Kier alpha value is -1.03. The van der Waals surface area contributed by atoms with Crippen LogP contribution >= 0.6 is 34.5 Å². The Kier molecular flexibility index (Phi) is 3.72. The lowest BCUT2D eigenvalue weighted by molar-refractivity contribution is 0.112. The fourth-order valence-electron chi connectivity index (χ4n) is 1.49. The molecule has 0 amide bonds. The normalized spacial score (nSPS) is 10.3. The number of benzene rings is 1. The first-order valence-corrected chi connectivity index (χ1v) is 6.37. The van der Waals surface area contributed by atoms with Crippen molar-refractivity contribution < 1.29 is 9.53 Å². The molecular formula is C12H8Cl2O2S. The molecule has 5 heteroatoms.